The van der Waals surface area contributed by atoms with Crippen LogP contribution in [0.4, 0.5) is 17.3 Å². The van der Waals surface area contributed by atoms with Gasteiger partial charge in [0.15, 0.2) is 11.6 Å². The molecular weight excluding hydrogens is 248 g/mol. The second-order valence-corrected chi connectivity index (χ2v) is 4.50. The molecular formula is C16H16N4. The summed E-state index contributed by atoms with van der Waals surface area (Å²) in [7, 11) is 0. The Morgan fingerprint density at radius 3 is 2.15 bits per heavy atom. The Bertz CT molecular complexity index is 725. The molecule has 3 rings (SSSR count). The van der Waals surface area contributed by atoms with Crippen molar-refractivity contribution in [1.29, 1.82) is 0 Å². The van der Waals surface area contributed by atoms with Gasteiger partial charge in [-0.3, -0.25) is 0 Å². The van der Waals surface area contributed by atoms with E-state index >= 15 is 0 Å². The Labute approximate surface area is 117 Å². The quantitative estimate of drug-likeness (QED) is 0.788. The first kappa shape index (κ1) is 12.4. The summed E-state index contributed by atoms with van der Waals surface area (Å²) in [6.45, 7) is 2.85. The molecule has 20 heavy (non-hydrogen) atoms. The maximum Gasteiger partial charge on any atom is 0.176 e. The first-order valence-electron chi connectivity index (χ1n) is 6.64. The molecule has 4 heteroatoms. The van der Waals surface area contributed by atoms with Crippen molar-refractivity contribution in [2.24, 2.45) is 0 Å². The number of para-hydroxylation sites is 3. The summed E-state index contributed by atoms with van der Waals surface area (Å²) in [5.41, 5.74) is 8.82. The third-order valence-electron chi connectivity index (χ3n) is 3.22. The van der Waals surface area contributed by atoms with Crippen molar-refractivity contribution in [3.05, 3.63) is 54.6 Å². The lowest BCUT2D eigenvalue weighted by molar-refractivity contribution is 0.992. The van der Waals surface area contributed by atoms with Gasteiger partial charge in [-0.05, 0) is 31.2 Å². The number of rotatable bonds is 3. The van der Waals surface area contributed by atoms with Crippen LogP contribution in [0.3, 0.4) is 0 Å². The van der Waals surface area contributed by atoms with Gasteiger partial charge >= 0.3 is 0 Å². The van der Waals surface area contributed by atoms with Crippen LogP contribution >= 0.6 is 0 Å². The normalized spacial score (nSPS) is 10.7. The van der Waals surface area contributed by atoms with E-state index in [0.29, 0.717) is 11.6 Å². The molecule has 0 saturated heterocycles. The van der Waals surface area contributed by atoms with Crippen LogP contribution in [-0.2, 0) is 0 Å². The van der Waals surface area contributed by atoms with Gasteiger partial charge in [0.1, 0.15) is 0 Å². The number of aromatic nitrogens is 2. The van der Waals surface area contributed by atoms with E-state index in [0.717, 1.165) is 23.3 Å². The number of hydrogen-bond acceptors (Lipinski definition) is 4. The summed E-state index contributed by atoms with van der Waals surface area (Å²) < 4.78 is 0. The van der Waals surface area contributed by atoms with Crippen molar-refractivity contribution in [2.45, 2.75) is 6.92 Å². The molecule has 0 spiro atoms. The maximum absolute atomic E-state index is 6.09. The lowest BCUT2D eigenvalue weighted by atomic mass is 10.2. The Morgan fingerprint density at radius 2 is 1.50 bits per heavy atom. The highest BCUT2D eigenvalue weighted by atomic mass is 15.2. The Morgan fingerprint density at radius 1 is 0.900 bits per heavy atom. The van der Waals surface area contributed by atoms with Gasteiger partial charge in [-0.2, -0.15) is 0 Å². The monoisotopic (exact) mass is 264 g/mol. The maximum atomic E-state index is 6.09. The number of fused-ring (bicyclic) bond motifs is 1. The molecule has 0 saturated carbocycles. The molecule has 4 nitrogen and oxygen atoms in total. The van der Waals surface area contributed by atoms with Gasteiger partial charge in [-0.1, -0.05) is 30.3 Å². The molecule has 2 aromatic carbocycles. The minimum absolute atomic E-state index is 0.453. The zero-order chi connectivity index (χ0) is 13.9. The number of hydrogen-bond donors (Lipinski definition) is 1. The van der Waals surface area contributed by atoms with Gasteiger partial charge in [-0.25, -0.2) is 9.97 Å². The van der Waals surface area contributed by atoms with Crippen LogP contribution in [0, 0.1) is 0 Å². The lowest BCUT2D eigenvalue weighted by Gasteiger charge is -2.23. The van der Waals surface area contributed by atoms with Crippen molar-refractivity contribution in [1.82, 2.24) is 9.97 Å². The SMILES string of the molecule is CCN(c1ccccc1)c1nc2ccccc2nc1N. The smallest absolute Gasteiger partial charge is 0.176 e. The number of nitrogens with zero attached hydrogens (tertiary/aromatic N) is 3. The highest BCUT2D eigenvalue weighted by molar-refractivity contribution is 5.81. The van der Waals surface area contributed by atoms with Crippen molar-refractivity contribution in [3.8, 4) is 0 Å². The van der Waals surface area contributed by atoms with Gasteiger partial charge in [0, 0.05) is 12.2 Å². The average Bonchev–Trinajstić information content (AvgIpc) is 2.49. The van der Waals surface area contributed by atoms with Gasteiger partial charge in [0.2, 0.25) is 0 Å². The number of anilines is 3. The highest BCUT2D eigenvalue weighted by Gasteiger charge is 2.14. The third-order valence-corrected chi connectivity index (χ3v) is 3.22. The third kappa shape index (κ3) is 2.16. The second-order valence-electron chi connectivity index (χ2n) is 4.50. The van der Waals surface area contributed by atoms with Crippen LogP contribution in [0.2, 0.25) is 0 Å². The molecule has 1 heterocycles. The Hall–Kier alpha value is -2.62. The first-order chi connectivity index (χ1) is 9.79. The molecule has 0 unspecified atom stereocenters. The highest BCUT2D eigenvalue weighted by Crippen LogP contribution is 2.28. The molecule has 0 aliphatic carbocycles. The molecule has 0 aliphatic rings. The molecule has 1 aromatic heterocycles. The van der Waals surface area contributed by atoms with Crippen molar-refractivity contribution < 1.29 is 0 Å². The van der Waals surface area contributed by atoms with Crippen LogP contribution in [0.5, 0.6) is 0 Å². The van der Waals surface area contributed by atoms with Crippen molar-refractivity contribution in [3.63, 3.8) is 0 Å². The van der Waals surface area contributed by atoms with E-state index in [2.05, 4.69) is 21.8 Å². The van der Waals surface area contributed by atoms with Crippen LogP contribution in [0.15, 0.2) is 54.6 Å². The first-order valence-corrected chi connectivity index (χ1v) is 6.64. The predicted octanol–water partition coefficient (Wildman–Crippen LogP) is 3.37. The van der Waals surface area contributed by atoms with Crippen LogP contribution in [0.25, 0.3) is 11.0 Å². The summed E-state index contributed by atoms with van der Waals surface area (Å²) in [5, 5.41) is 0. The average molecular weight is 264 g/mol. The Kier molecular flexibility index (Phi) is 3.21. The van der Waals surface area contributed by atoms with Gasteiger partial charge in [0.05, 0.1) is 11.0 Å². The fourth-order valence-electron chi connectivity index (χ4n) is 2.27. The molecule has 0 fully saturated rings. The van der Waals surface area contributed by atoms with E-state index in [9.17, 15) is 0 Å². The van der Waals surface area contributed by atoms with E-state index in [1.165, 1.54) is 0 Å². The summed E-state index contributed by atoms with van der Waals surface area (Å²) in [6.07, 6.45) is 0. The molecule has 0 aliphatic heterocycles. The molecule has 0 amide bonds. The van der Waals surface area contributed by atoms with Crippen molar-refractivity contribution >= 4 is 28.4 Å². The molecule has 3 aromatic rings. The van der Waals surface area contributed by atoms with Gasteiger partial charge in [0.25, 0.3) is 0 Å². The number of benzene rings is 2. The minimum Gasteiger partial charge on any atom is -0.381 e. The summed E-state index contributed by atoms with van der Waals surface area (Å²) in [5.74, 6) is 1.16. The summed E-state index contributed by atoms with van der Waals surface area (Å²) >= 11 is 0. The fraction of sp³-hybridized carbons (Fsp3) is 0.125. The second kappa shape index (κ2) is 5.17. The molecule has 2 N–H and O–H groups in total. The summed E-state index contributed by atoms with van der Waals surface area (Å²) in [4.78, 5) is 11.2. The molecule has 0 atom stereocenters. The van der Waals surface area contributed by atoms with Crippen LogP contribution < -0.4 is 10.6 Å². The molecule has 0 radical (unpaired) electrons. The zero-order valence-electron chi connectivity index (χ0n) is 11.3. The Balaban J connectivity index is 2.14. The van der Waals surface area contributed by atoms with Crippen LogP contribution in [-0.4, -0.2) is 16.5 Å². The van der Waals surface area contributed by atoms with Crippen LogP contribution in [0.1, 0.15) is 6.92 Å². The standard InChI is InChI=1S/C16H16N4/c1-2-20(12-8-4-3-5-9-12)16-15(17)18-13-10-6-7-11-14(13)19-16/h3-11H,2H2,1H3,(H2,17,18). The minimum atomic E-state index is 0.453. The van der Waals surface area contributed by atoms with Gasteiger partial charge < -0.3 is 10.6 Å². The molecule has 0 bridgehead atoms. The van der Waals surface area contributed by atoms with Crippen molar-refractivity contribution in [2.75, 3.05) is 17.2 Å². The van der Waals surface area contributed by atoms with E-state index in [1.807, 2.05) is 54.6 Å². The predicted molar refractivity (Wildman–Crippen MR) is 83.1 cm³/mol. The topological polar surface area (TPSA) is 55.0 Å². The largest absolute Gasteiger partial charge is 0.381 e. The molecule has 100 valence electrons. The number of nitrogen functional groups attached to an aromatic ring is 1. The van der Waals surface area contributed by atoms with E-state index in [1.54, 1.807) is 0 Å². The zero-order valence-corrected chi connectivity index (χ0v) is 11.3. The summed E-state index contributed by atoms with van der Waals surface area (Å²) in [6, 6.07) is 17.8. The lowest BCUT2D eigenvalue weighted by Crippen LogP contribution is -2.19. The van der Waals surface area contributed by atoms with E-state index < -0.39 is 0 Å². The number of nitrogens with two attached hydrogens (primary N) is 1. The van der Waals surface area contributed by atoms with E-state index in [-0.39, 0.29) is 0 Å². The van der Waals surface area contributed by atoms with Gasteiger partial charge in [-0.15, -0.1) is 0 Å². The fourth-order valence-corrected chi connectivity index (χ4v) is 2.27. The van der Waals surface area contributed by atoms with E-state index in [4.69, 9.17) is 5.73 Å².